The van der Waals surface area contributed by atoms with Crippen LogP contribution in [-0.2, 0) is 0 Å². The van der Waals surface area contributed by atoms with E-state index in [9.17, 15) is 9.59 Å². The lowest BCUT2D eigenvalue weighted by Crippen LogP contribution is -2.23. The van der Waals surface area contributed by atoms with Gasteiger partial charge in [0, 0.05) is 5.41 Å². The number of rotatable bonds is 3. The molecule has 0 saturated heterocycles. The highest BCUT2D eigenvalue weighted by Gasteiger charge is 2.38. The highest BCUT2D eigenvalue weighted by Crippen LogP contribution is 2.40. The van der Waals surface area contributed by atoms with Crippen molar-refractivity contribution in [2.45, 2.75) is 32.6 Å². The normalized spacial score (nSPS) is 18.6. The van der Waals surface area contributed by atoms with Gasteiger partial charge in [-0.3, -0.25) is 4.79 Å². The van der Waals surface area contributed by atoms with Crippen LogP contribution >= 0.6 is 0 Å². The predicted octanol–water partition coefficient (Wildman–Crippen LogP) is 2.74. The van der Waals surface area contributed by atoms with Gasteiger partial charge >= 0.3 is 5.97 Å². The molecule has 0 atom stereocenters. The second-order valence-electron chi connectivity index (χ2n) is 4.57. The van der Waals surface area contributed by atoms with Gasteiger partial charge in [-0.05, 0) is 25.0 Å². The molecule has 1 aromatic heterocycles. The summed E-state index contributed by atoms with van der Waals surface area (Å²) in [5, 5.41) is 8.70. The zero-order chi connectivity index (χ0) is 11.8. The van der Waals surface area contributed by atoms with E-state index in [4.69, 9.17) is 9.52 Å². The average molecular weight is 222 g/mol. The van der Waals surface area contributed by atoms with Crippen LogP contribution in [0.25, 0.3) is 0 Å². The summed E-state index contributed by atoms with van der Waals surface area (Å²) in [5.74, 6) is -1.22. The third-order valence-corrected chi connectivity index (χ3v) is 3.30. The van der Waals surface area contributed by atoms with Crippen LogP contribution in [0.5, 0.6) is 0 Å². The third-order valence-electron chi connectivity index (χ3n) is 3.30. The summed E-state index contributed by atoms with van der Waals surface area (Å²) in [6.45, 7) is 1.92. The van der Waals surface area contributed by atoms with E-state index >= 15 is 0 Å². The van der Waals surface area contributed by atoms with Crippen molar-refractivity contribution in [1.29, 1.82) is 0 Å². The van der Waals surface area contributed by atoms with E-state index in [0.717, 1.165) is 25.7 Å². The van der Waals surface area contributed by atoms with Crippen LogP contribution in [0.3, 0.4) is 0 Å². The van der Waals surface area contributed by atoms with Crippen LogP contribution in [0, 0.1) is 5.41 Å². The van der Waals surface area contributed by atoms with E-state index in [-0.39, 0.29) is 22.7 Å². The summed E-state index contributed by atoms with van der Waals surface area (Å²) < 4.78 is 5.04. The molecule has 4 nitrogen and oxygen atoms in total. The van der Waals surface area contributed by atoms with E-state index in [2.05, 4.69) is 0 Å². The fourth-order valence-electron chi connectivity index (χ4n) is 2.25. The highest BCUT2D eigenvalue weighted by atomic mass is 16.4. The van der Waals surface area contributed by atoms with Crippen LogP contribution in [-0.4, -0.2) is 16.9 Å². The van der Waals surface area contributed by atoms with Gasteiger partial charge in [-0.2, -0.15) is 0 Å². The van der Waals surface area contributed by atoms with E-state index in [0.29, 0.717) is 0 Å². The van der Waals surface area contributed by atoms with Gasteiger partial charge in [-0.15, -0.1) is 0 Å². The number of furan rings is 1. The van der Waals surface area contributed by atoms with Gasteiger partial charge in [0.2, 0.25) is 11.5 Å². The minimum absolute atomic E-state index is 0.0718. The molecule has 0 spiro atoms. The van der Waals surface area contributed by atoms with Gasteiger partial charge in [0.1, 0.15) is 0 Å². The molecule has 1 aromatic rings. The molecule has 1 aliphatic rings. The van der Waals surface area contributed by atoms with Gasteiger partial charge < -0.3 is 9.52 Å². The molecule has 4 heteroatoms. The zero-order valence-corrected chi connectivity index (χ0v) is 9.16. The smallest absolute Gasteiger partial charge is 0.371 e. The number of aromatic carboxylic acids is 1. The van der Waals surface area contributed by atoms with Crippen LogP contribution < -0.4 is 0 Å². The van der Waals surface area contributed by atoms with Crippen LogP contribution in [0.4, 0.5) is 0 Å². The lowest BCUT2D eigenvalue weighted by Gasteiger charge is -2.19. The van der Waals surface area contributed by atoms with Crippen molar-refractivity contribution in [3.63, 3.8) is 0 Å². The molecule has 0 aromatic carbocycles. The van der Waals surface area contributed by atoms with Crippen LogP contribution in [0.15, 0.2) is 16.5 Å². The fraction of sp³-hybridized carbons (Fsp3) is 0.500. The Bertz CT molecular complexity index is 424. The largest absolute Gasteiger partial charge is 0.475 e. The Kier molecular flexibility index (Phi) is 2.58. The van der Waals surface area contributed by atoms with Gasteiger partial charge in [-0.25, -0.2) is 4.79 Å². The summed E-state index contributed by atoms with van der Waals surface area (Å²) in [7, 11) is 0. The first-order valence-corrected chi connectivity index (χ1v) is 5.41. The molecule has 1 fully saturated rings. The third kappa shape index (κ3) is 1.75. The van der Waals surface area contributed by atoms with Crippen LogP contribution in [0.1, 0.15) is 53.7 Å². The molecule has 0 unspecified atom stereocenters. The predicted molar refractivity (Wildman–Crippen MR) is 56.6 cm³/mol. The molecule has 2 rings (SSSR count). The molecule has 1 saturated carbocycles. The molecule has 86 valence electrons. The SMILES string of the molecule is CC1(C(=O)c2ccc(C(=O)O)o2)CCCC1. The maximum absolute atomic E-state index is 12.1. The molecule has 16 heavy (non-hydrogen) atoms. The second-order valence-corrected chi connectivity index (χ2v) is 4.57. The molecule has 1 N–H and O–H groups in total. The lowest BCUT2D eigenvalue weighted by atomic mass is 9.83. The molecule has 1 heterocycles. The summed E-state index contributed by atoms with van der Waals surface area (Å²) in [4.78, 5) is 22.8. The van der Waals surface area contributed by atoms with Crippen molar-refractivity contribution < 1.29 is 19.1 Å². The van der Waals surface area contributed by atoms with Crippen molar-refractivity contribution in [3.05, 3.63) is 23.7 Å². The zero-order valence-electron chi connectivity index (χ0n) is 9.16. The highest BCUT2D eigenvalue weighted by molar-refractivity contribution is 5.99. The Morgan fingerprint density at radius 3 is 2.31 bits per heavy atom. The van der Waals surface area contributed by atoms with Gasteiger partial charge in [-0.1, -0.05) is 19.8 Å². The minimum Gasteiger partial charge on any atom is -0.475 e. The Hall–Kier alpha value is -1.58. The number of ketones is 1. The number of carboxylic acids is 1. The molecule has 0 aliphatic heterocycles. The number of carboxylic acid groups (broad SMARTS) is 1. The summed E-state index contributed by atoms with van der Waals surface area (Å²) >= 11 is 0. The lowest BCUT2D eigenvalue weighted by molar-refractivity contribution is 0.0655. The summed E-state index contributed by atoms with van der Waals surface area (Å²) in [6, 6.07) is 2.78. The first-order chi connectivity index (χ1) is 7.53. The van der Waals surface area contributed by atoms with Gasteiger partial charge in [0.15, 0.2) is 5.76 Å². The fourth-order valence-corrected chi connectivity index (χ4v) is 2.25. The molecule has 0 amide bonds. The van der Waals surface area contributed by atoms with E-state index in [1.165, 1.54) is 12.1 Å². The van der Waals surface area contributed by atoms with E-state index < -0.39 is 5.97 Å². The number of carbonyl (C=O) groups excluding carboxylic acids is 1. The van der Waals surface area contributed by atoms with Crippen molar-refractivity contribution in [2.24, 2.45) is 5.41 Å². The first kappa shape index (κ1) is 10.9. The topological polar surface area (TPSA) is 67.5 Å². The second kappa shape index (κ2) is 3.77. The van der Waals surface area contributed by atoms with Crippen molar-refractivity contribution in [3.8, 4) is 0 Å². The molecular weight excluding hydrogens is 208 g/mol. The maximum Gasteiger partial charge on any atom is 0.371 e. The van der Waals surface area contributed by atoms with E-state index in [1.807, 2.05) is 6.92 Å². The number of hydrogen-bond acceptors (Lipinski definition) is 3. The Morgan fingerprint density at radius 2 is 1.81 bits per heavy atom. The number of Topliss-reactive ketones (excluding diaryl/α,β-unsaturated/α-hetero) is 1. The Morgan fingerprint density at radius 1 is 1.25 bits per heavy atom. The molecule has 1 aliphatic carbocycles. The quantitative estimate of drug-likeness (QED) is 0.798. The minimum atomic E-state index is -1.14. The van der Waals surface area contributed by atoms with Crippen molar-refractivity contribution in [2.75, 3.05) is 0 Å². The molecular formula is C12H14O4. The maximum atomic E-state index is 12.1. The number of carbonyl (C=O) groups is 2. The Labute approximate surface area is 93.3 Å². The number of hydrogen-bond donors (Lipinski definition) is 1. The monoisotopic (exact) mass is 222 g/mol. The average Bonchev–Trinajstić information content (AvgIpc) is 2.85. The Balaban J connectivity index is 2.23. The standard InChI is InChI=1S/C12H14O4/c1-12(6-2-3-7-12)10(13)8-4-5-9(16-8)11(14)15/h4-5H,2-3,6-7H2,1H3,(H,14,15). The van der Waals surface area contributed by atoms with Crippen molar-refractivity contribution >= 4 is 11.8 Å². The summed E-state index contributed by atoms with van der Waals surface area (Å²) in [6.07, 6.45) is 3.81. The summed E-state index contributed by atoms with van der Waals surface area (Å²) in [5.41, 5.74) is -0.367. The molecule has 0 radical (unpaired) electrons. The van der Waals surface area contributed by atoms with Gasteiger partial charge in [0.25, 0.3) is 0 Å². The van der Waals surface area contributed by atoms with Crippen LogP contribution in [0.2, 0.25) is 0 Å². The van der Waals surface area contributed by atoms with Gasteiger partial charge in [0.05, 0.1) is 0 Å². The van der Waals surface area contributed by atoms with E-state index in [1.54, 1.807) is 0 Å². The first-order valence-electron chi connectivity index (χ1n) is 5.41. The molecule has 0 bridgehead atoms. The van der Waals surface area contributed by atoms with Crippen molar-refractivity contribution in [1.82, 2.24) is 0 Å².